The minimum Gasteiger partial charge on any atom is -0.324 e. The molecule has 0 heterocycles. The van der Waals surface area contributed by atoms with Crippen molar-refractivity contribution in [2.24, 2.45) is 5.73 Å². The van der Waals surface area contributed by atoms with Crippen LogP contribution in [-0.4, -0.2) is 11.9 Å². The summed E-state index contributed by atoms with van der Waals surface area (Å²) < 4.78 is 0.933. The first-order valence-corrected chi connectivity index (χ1v) is 5.12. The third-order valence-electron chi connectivity index (χ3n) is 1.87. The molecule has 0 saturated carbocycles. The highest BCUT2D eigenvalue weighted by Crippen LogP contribution is 2.20. The summed E-state index contributed by atoms with van der Waals surface area (Å²) in [6.07, 6.45) is 0. The second kappa shape index (κ2) is 4.57. The zero-order valence-corrected chi connectivity index (χ0v) is 9.76. The van der Waals surface area contributed by atoms with E-state index in [-0.39, 0.29) is 5.91 Å². The minimum atomic E-state index is -0.492. The van der Waals surface area contributed by atoms with Crippen LogP contribution in [0.1, 0.15) is 12.5 Å². The second-order valence-corrected chi connectivity index (χ2v) is 4.15. The van der Waals surface area contributed by atoms with Gasteiger partial charge in [-0.1, -0.05) is 22.0 Å². The van der Waals surface area contributed by atoms with Gasteiger partial charge in [-0.3, -0.25) is 4.79 Å². The SMILES string of the molecule is Cc1ccc(Br)cc1NC(=O)[C@@H](C)N. The number of hydrogen-bond donors (Lipinski definition) is 2. The molecule has 0 saturated heterocycles. The van der Waals surface area contributed by atoms with Gasteiger partial charge in [-0.05, 0) is 31.5 Å². The van der Waals surface area contributed by atoms with Crippen LogP contribution in [-0.2, 0) is 4.79 Å². The molecule has 76 valence electrons. The number of aryl methyl sites for hydroxylation is 1. The number of carbonyl (C=O) groups excluding carboxylic acids is 1. The zero-order chi connectivity index (χ0) is 10.7. The van der Waals surface area contributed by atoms with Crippen molar-refractivity contribution in [3.05, 3.63) is 28.2 Å². The van der Waals surface area contributed by atoms with Crippen LogP contribution in [0.5, 0.6) is 0 Å². The summed E-state index contributed by atoms with van der Waals surface area (Å²) in [6, 6.07) is 5.22. The quantitative estimate of drug-likeness (QED) is 0.851. The molecule has 0 radical (unpaired) electrons. The van der Waals surface area contributed by atoms with Gasteiger partial charge in [0.1, 0.15) is 0 Å². The van der Waals surface area contributed by atoms with Gasteiger partial charge < -0.3 is 11.1 Å². The van der Waals surface area contributed by atoms with Gasteiger partial charge in [-0.25, -0.2) is 0 Å². The molecule has 0 aliphatic carbocycles. The molecule has 1 rings (SSSR count). The Hall–Kier alpha value is -0.870. The minimum absolute atomic E-state index is 0.175. The lowest BCUT2D eigenvalue weighted by Gasteiger charge is -2.10. The summed E-state index contributed by atoms with van der Waals surface area (Å²) >= 11 is 3.34. The van der Waals surface area contributed by atoms with E-state index in [2.05, 4.69) is 21.2 Å². The van der Waals surface area contributed by atoms with E-state index in [1.807, 2.05) is 25.1 Å². The fourth-order valence-corrected chi connectivity index (χ4v) is 1.34. The van der Waals surface area contributed by atoms with Crippen molar-refractivity contribution in [1.29, 1.82) is 0 Å². The first-order valence-electron chi connectivity index (χ1n) is 4.33. The lowest BCUT2D eigenvalue weighted by molar-refractivity contribution is -0.117. The standard InChI is InChI=1S/C10H13BrN2O/c1-6-3-4-8(11)5-9(6)13-10(14)7(2)12/h3-5,7H,12H2,1-2H3,(H,13,14)/t7-/m1/s1. The van der Waals surface area contributed by atoms with Crippen molar-refractivity contribution in [2.75, 3.05) is 5.32 Å². The third-order valence-corrected chi connectivity index (χ3v) is 2.36. The molecule has 0 spiro atoms. The molecule has 0 aromatic heterocycles. The largest absolute Gasteiger partial charge is 0.324 e. The maximum Gasteiger partial charge on any atom is 0.241 e. The maximum absolute atomic E-state index is 11.3. The van der Waals surface area contributed by atoms with Crippen molar-refractivity contribution in [3.63, 3.8) is 0 Å². The number of hydrogen-bond acceptors (Lipinski definition) is 2. The molecule has 3 nitrogen and oxygen atoms in total. The Morgan fingerprint density at radius 1 is 1.57 bits per heavy atom. The molecular weight excluding hydrogens is 244 g/mol. The molecule has 1 aromatic carbocycles. The van der Waals surface area contributed by atoms with E-state index in [4.69, 9.17) is 5.73 Å². The summed E-state index contributed by atoms with van der Waals surface area (Å²) in [6.45, 7) is 3.59. The van der Waals surface area contributed by atoms with Crippen LogP contribution in [0.4, 0.5) is 5.69 Å². The van der Waals surface area contributed by atoms with E-state index in [0.29, 0.717) is 0 Å². The number of nitrogens with one attached hydrogen (secondary N) is 1. The highest BCUT2D eigenvalue weighted by Gasteiger charge is 2.08. The molecule has 14 heavy (non-hydrogen) atoms. The highest BCUT2D eigenvalue weighted by atomic mass is 79.9. The van der Waals surface area contributed by atoms with Crippen molar-refractivity contribution in [1.82, 2.24) is 0 Å². The summed E-state index contributed by atoms with van der Waals surface area (Å²) in [5.41, 5.74) is 7.26. The van der Waals surface area contributed by atoms with Gasteiger partial charge in [-0.15, -0.1) is 0 Å². The molecule has 0 aliphatic rings. The van der Waals surface area contributed by atoms with Gasteiger partial charge in [0.2, 0.25) is 5.91 Å². The number of nitrogens with two attached hydrogens (primary N) is 1. The molecule has 0 aliphatic heterocycles. The van der Waals surface area contributed by atoms with Gasteiger partial charge in [0, 0.05) is 10.2 Å². The number of anilines is 1. The van der Waals surface area contributed by atoms with Crippen LogP contribution in [0.3, 0.4) is 0 Å². The van der Waals surface area contributed by atoms with E-state index in [1.165, 1.54) is 0 Å². The number of carbonyl (C=O) groups is 1. The lowest BCUT2D eigenvalue weighted by Crippen LogP contribution is -2.32. The van der Waals surface area contributed by atoms with Crippen LogP contribution in [0.2, 0.25) is 0 Å². The van der Waals surface area contributed by atoms with E-state index >= 15 is 0 Å². The van der Waals surface area contributed by atoms with Gasteiger partial charge in [0.15, 0.2) is 0 Å². The molecule has 1 amide bonds. The number of benzene rings is 1. The predicted octanol–water partition coefficient (Wildman–Crippen LogP) is 2.04. The summed E-state index contributed by atoms with van der Waals surface area (Å²) in [5, 5.41) is 2.76. The molecule has 3 N–H and O–H groups in total. The number of amides is 1. The lowest BCUT2D eigenvalue weighted by atomic mass is 10.2. The molecule has 1 aromatic rings. The average Bonchev–Trinajstić information content (AvgIpc) is 2.11. The smallest absolute Gasteiger partial charge is 0.241 e. The van der Waals surface area contributed by atoms with Gasteiger partial charge in [0.05, 0.1) is 6.04 Å². The Morgan fingerprint density at radius 3 is 2.79 bits per heavy atom. The summed E-state index contributed by atoms with van der Waals surface area (Å²) in [5.74, 6) is -0.175. The normalized spacial score (nSPS) is 12.3. The fraction of sp³-hybridized carbons (Fsp3) is 0.300. The first kappa shape index (κ1) is 11.2. The van der Waals surface area contributed by atoms with Crippen LogP contribution in [0.25, 0.3) is 0 Å². The Kier molecular flexibility index (Phi) is 3.66. The molecule has 4 heteroatoms. The van der Waals surface area contributed by atoms with Crippen LogP contribution in [0, 0.1) is 6.92 Å². The van der Waals surface area contributed by atoms with Crippen molar-refractivity contribution in [3.8, 4) is 0 Å². The molecular formula is C10H13BrN2O. The number of halogens is 1. The topological polar surface area (TPSA) is 55.1 Å². The van der Waals surface area contributed by atoms with Crippen LogP contribution < -0.4 is 11.1 Å². The molecule has 0 fully saturated rings. The van der Waals surface area contributed by atoms with Gasteiger partial charge in [0.25, 0.3) is 0 Å². The van der Waals surface area contributed by atoms with Crippen molar-refractivity contribution < 1.29 is 4.79 Å². The van der Waals surface area contributed by atoms with Crippen LogP contribution in [0.15, 0.2) is 22.7 Å². The van der Waals surface area contributed by atoms with E-state index < -0.39 is 6.04 Å². The number of rotatable bonds is 2. The summed E-state index contributed by atoms with van der Waals surface area (Å²) in [7, 11) is 0. The van der Waals surface area contributed by atoms with Gasteiger partial charge in [-0.2, -0.15) is 0 Å². The van der Waals surface area contributed by atoms with Crippen molar-refractivity contribution in [2.45, 2.75) is 19.9 Å². The Balaban J connectivity index is 2.86. The fourth-order valence-electron chi connectivity index (χ4n) is 0.975. The summed E-state index contributed by atoms with van der Waals surface area (Å²) in [4.78, 5) is 11.3. The van der Waals surface area contributed by atoms with E-state index in [1.54, 1.807) is 6.92 Å². The highest BCUT2D eigenvalue weighted by molar-refractivity contribution is 9.10. The molecule has 0 bridgehead atoms. The second-order valence-electron chi connectivity index (χ2n) is 3.24. The Bertz CT molecular complexity index is 350. The van der Waals surface area contributed by atoms with E-state index in [0.717, 1.165) is 15.7 Å². The average molecular weight is 257 g/mol. The maximum atomic E-state index is 11.3. The Morgan fingerprint density at radius 2 is 2.21 bits per heavy atom. The molecule has 0 unspecified atom stereocenters. The van der Waals surface area contributed by atoms with Crippen LogP contribution >= 0.6 is 15.9 Å². The van der Waals surface area contributed by atoms with E-state index in [9.17, 15) is 4.79 Å². The Labute approximate surface area is 91.8 Å². The van der Waals surface area contributed by atoms with Crippen molar-refractivity contribution >= 4 is 27.5 Å². The molecule has 1 atom stereocenters. The predicted molar refractivity (Wildman–Crippen MR) is 61.2 cm³/mol. The first-order chi connectivity index (χ1) is 6.50. The zero-order valence-electron chi connectivity index (χ0n) is 8.17. The monoisotopic (exact) mass is 256 g/mol. The third kappa shape index (κ3) is 2.82. The van der Waals surface area contributed by atoms with Gasteiger partial charge >= 0.3 is 0 Å².